The van der Waals surface area contributed by atoms with Crippen LogP contribution in [0.2, 0.25) is 0 Å². The van der Waals surface area contributed by atoms with Crippen molar-refractivity contribution >= 4 is 11.9 Å². The van der Waals surface area contributed by atoms with Crippen LogP contribution in [0.3, 0.4) is 0 Å². The molecule has 0 aromatic rings. The molecule has 0 saturated carbocycles. The van der Waals surface area contributed by atoms with E-state index in [0.717, 1.165) is 77.0 Å². The molecule has 0 heterocycles. The molecule has 0 spiro atoms. The van der Waals surface area contributed by atoms with Crippen molar-refractivity contribution in [3.8, 4) is 0 Å². The summed E-state index contributed by atoms with van der Waals surface area (Å²) in [5.41, 5.74) is 0. The molecule has 2 unspecified atom stereocenters. The number of nitrogens with one attached hydrogen (secondary N) is 1. The van der Waals surface area contributed by atoms with Crippen molar-refractivity contribution in [3.63, 3.8) is 0 Å². The standard InChI is InChI=1S/C60H115NO5/c1-3-5-7-9-11-13-15-17-19-21-22-23-24-25-26-28-32-36-40-44-48-52-58(63)57(56-62)61-59(64)53-49-45-41-37-33-30-31-35-39-43-47-51-55-66-60(65)54-50-46-42-38-34-29-27-20-18-16-14-12-10-8-6-4-2/h20,27,31,35,57-58,62-63H,3-19,21-26,28-30,32-34,36-56H2,1-2H3,(H,61,64)/b27-20-,35-31-. The molecule has 0 aliphatic rings. The quantitative estimate of drug-likeness (QED) is 0.0321. The summed E-state index contributed by atoms with van der Waals surface area (Å²) in [6.45, 7) is 4.91. The monoisotopic (exact) mass is 930 g/mol. The Morgan fingerprint density at radius 2 is 0.712 bits per heavy atom. The lowest BCUT2D eigenvalue weighted by Crippen LogP contribution is -2.45. The van der Waals surface area contributed by atoms with E-state index in [9.17, 15) is 19.8 Å². The van der Waals surface area contributed by atoms with E-state index in [1.807, 2.05) is 0 Å². The zero-order valence-corrected chi connectivity index (χ0v) is 44.4. The molecule has 0 bridgehead atoms. The number of unbranched alkanes of at least 4 members (excludes halogenated alkanes) is 40. The topological polar surface area (TPSA) is 95.9 Å². The maximum atomic E-state index is 12.5. The van der Waals surface area contributed by atoms with E-state index in [2.05, 4.69) is 43.5 Å². The number of hydrogen-bond acceptors (Lipinski definition) is 5. The van der Waals surface area contributed by atoms with Crippen LogP contribution in [-0.2, 0) is 14.3 Å². The number of ether oxygens (including phenoxy) is 1. The van der Waals surface area contributed by atoms with E-state index >= 15 is 0 Å². The van der Waals surface area contributed by atoms with Crippen LogP contribution in [0.25, 0.3) is 0 Å². The minimum atomic E-state index is -0.682. The highest BCUT2D eigenvalue weighted by molar-refractivity contribution is 5.76. The number of aliphatic hydroxyl groups excluding tert-OH is 2. The van der Waals surface area contributed by atoms with E-state index in [4.69, 9.17) is 4.74 Å². The molecule has 3 N–H and O–H groups in total. The normalized spacial score (nSPS) is 12.7. The number of aliphatic hydroxyl groups is 2. The Kier molecular flexibility index (Phi) is 54.5. The van der Waals surface area contributed by atoms with Crippen molar-refractivity contribution < 1.29 is 24.5 Å². The van der Waals surface area contributed by atoms with Gasteiger partial charge in [-0.3, -0.25) is 9.59 Å². The highest BCUT2D eigenvalue weighted by Crippen LogP contribution is 2.17. The van der Waals surface area contributed by atoms with E-state index in [1.54, 1.807) is 0 Å². The molecule has 66 heavy (non-hydrogen) atoms. The summed E-state index contributed by atoms with van der Waals surface area (Å²) in [6.07, 6.45) is 67.4. The largest absolute Gasteiger partial charge is 0.466 e. The molecular weight excluding hydrogens is 815 g/mol. The number of carbonyl (C=O) groups is 2. The van der Waals surface area contributed by atoms with Gasteiger partial charge in [-0.1, -0.05) is 250 Å². The smallest absolute Gasteiger partial charge is 0.305 e. The molecule has 0 aromatic heterocycles. The van der Waals surface area contributed by atoms with Gasteiger partial charge in [0.2, 0.25) is 5.91 Å². The van der Waals surface area contributed by atoms with Gasteiger partial charge in [-0.2, -0.15) is 0 Å². The second-order valence-electron chi connectivity index (χ2n) is 20.3. The van der Waals surface area contributed by atoms with Crippen LogP contribution in [-0.4, -0.2) is 47.4 Å². The third kappa shape index (κ3) is 51.7. The number of allylic oxidation sites excluding steroid dienone is 4. The third-order valence-corrected chi connectivity index (χ3v) is 13.7. The molecular formula is C60H115NO5. The first-order valence-corrected chi connectivity index (χ1v) is 29.6. The summed E-state index contributed by atoms with van der Waals surface area (Å²) >= 11 is 0. The van der Waals surface area contributed by atoms with E-state index < -0.39 is 12.1 Å². The summed E-state index contributed by atoms with van der Waals surface area (Å²) in [6, 6.07) is -0.561. The van der Waals surface area contributed by atoms with Gasteiger partial charge in [0.05, 0.1) is 25.4 Å². The fourth-order valence-electron chi connectivity index (χ4n) is 9.16. The Morgan fingerprint density at radius 3 is 1.08 bits per heavy atom. The number of carbonyl (C=O) groups excluding carboxylic acids is 2. The molecule has 0 aliphatic heterocycles. The van der Waals surface area contributed by atoms with Crippen molar-refractivity contribution in [2.75, 3.05) is 13.2 Å². The van der Waals surface area contributed by atoms with Gasteiger partial charge in [0.15, 0.2) is 0 Å². The van der Waals surface area contributed by atoms with Crippen LogP contribution >= 0.6 is 0 Å². The van der Waals surface area contributed by atoms with Gasteiger partial charge in [-0.05, 0) is 83.5 Å². The van der Waals surface area contributed by atoms with E-state index in [-0.39, 0.29) is 18.5 Å². The second kappa shape index (κ2) is 55.9. The first kappa shape index (κ1) is 64.3. The SMILES string of the molecule is CCCCCCCCC/C=C\CCCCCCCC(=O)OCCCCC/C=C\CCCCCCCC(=O)NC(CO)C(O)CCCCCCCCCCCCCCCCCCCCCCC. The summed E-state index contributed by atoms with van der Waals surface area (Å²) in [5.74, 6) is -0.0878. The van der Waals surface area contributed by atoms with Crippen LogP contribution in [0.15, 0.2) is 24.3 Å². The predicted octanol–water partition coefficient (Wildman–Crippen LogP) is 18.2. The summed E-state index contributed by atoms with van der Waals surface area (Å²) in [7, 11) is 0. The maximum absolute atomic E-state index is 12.5. The highest BCUT2D eigenvalue weighted by Gasteiger charge is 2.20. The predicted molar refractivity (Wildman–Crippen MR) is 287 cm³/mol. The zero-order chi connectivity index (χ0) is 47.9. The van der Waals surface area contributed by atoms with E-state index in [1.165, 1.54) is 212 Å². The van der Waals surface area contributed by atoms with Crippen molar-refractivity contribution in [1.82, 2.24) is 5.32 Å². The van der Waals surface area contributed by atoms with Gasteiger partial charge in [-0.25, -0.2) is 0 Å². The van der Waals surface area contributed by atoms with Crippen molar-refractivity contribution in [2.24, 2.45) is 0 Å². The summed E-state index contributed by atoms with van der Waals surface area (Å²) in [5, 5.41) is 23.3. The van der Waals surface area contributed by atoms with Gasteiger partial charge in [0.25, 0.3) is 0 Å². The minimum absolute atomic E-state index is 0.0294. The third-order valence-electron chi connectivity index (χ3n) is 13.7. The molecule has 390 valence electrons. The molecule has 0 aliphatic carbocycles. The number of hydrogen-bond donors (Lipinski definition) is 3. The number of amides is 1. The number of esters is 1. The van der Waals surface area contributed by atoms with Crippen molar-refractivity contribution in [3.05, 3.63) is 24.3 Å². The van der Waals surface area contributed by atoms with Crippen LogP contribution in [0.1, 0.15) is 322 Å². The maximum Gasteiger partial charge on any atom is 0.305 e. The Bertz CT molecular complexity index is 1030. The van der Waals surface area contributed by atoms with Gasteiger partial charge < -0.3 is 20.3 Å². The van der Waals surface area contributed by atoms with Crippen molar-refractivity contribution in [1.29, 1.82) is 0 Å². The molecule has 0 fully saturated rings. The van der Waals surface area contributed by atoms with Crippen molar-refractivity contribution in [2.45, 2.75) is 334 Å². The first-order chi connectivity index (χ1) is 32.5. The highest BCUT2D eigenvalue weighted by atomic mass is 16.5. The molecule has 2 atom stereocenters. The average molecular weight is 931 g/mol. The minimum Gasteiger partial charge on any atom is -0.466 e. The Morgan fingerprint density at radius 1 is 0.409 bits per heavy atom. The van der Waals surface area contributed by atoms with Gasteiger partial charge in [-0.15, -0.1) is 0 Å². The average Bonchev–Trinajstić information content (AvgIpc) is 3.32. The Hall–Kier alpha value is -1.66. The lowest BCUT2D eigenvalue weighted by atomic mass is 10.0. The van der Waals surface area contributed by atoms with Crippen LogP contribution in [0, 0.1) is 0 Å². The zero-order valence-electron chi connectivity index (χ0n) is 44.4. The second-order valence-corrected chi connectivity index (χ2v) is 20.3. The van der Waals surface area contributed by atoms with Crippen LogP contribution < -0.4 is 5.32 Å². The molecule has 0 rings (SSSR count). The summed E-state index contributed by atoms with van der Waals surface area (Å²) in [4.78, 5) is 24.6. The van der Waals surface area contributed by atoms with Crippen LogP contribution in [0.5, 0.6) is 0 Å². The fourth-order valence-corrected chi connectivity index (χ4v) is 9.16. The fraction of sp³-hybridized carbons (Fsp3) is 0.900. The first-order valence-electron chi connectivity index (χ1n) is 29.6. The Balaban J connectivity index is 3.49. The summed E-state index contributed by atoms with van der Waals surface area (Å²) < 4.78 is 5.45. The lowest BCUT2D eigenvalue weighted by Gasteiger charge is -2.22. The molecule has 0 aromatic carbocycles. The molecule has 6 nitrogen and oxygen atoms in total. The molecule has 1 amide bonds. The van der Waals surface area contributed by atoms with Gasteiger partial charge in [0.1, 0.15) is 0 Å². The van der Waals surface area contributed by atoms with Crippen LogP contribution in [0.4, 0.5) is 0 Å². The molecule has 0 saturated heterocycles. The van der Waals surface area contributed by atoms with Gasteiger partial charge >= 0.3 is 5.97 Å². The Labute approximate surface area is 411 Å². The molecule has 6 heteroatoms. The van der Waals surface area contributed by atoms with Gasteiger partial charge in [0, 0.05) is 12.8 Å². The molecule has 0 radical (unpaired) electrons. The lowest BCUT2D eigenvalue weighted by molar-refractivity contribution is -0.143. The van der Waals surface area contributed by atoms with E-state index in [0.29, 0.717) is 25.9 Å². The number of rotatable bonds is 55.